The van der Waals surface area contributed by atoms with Gasteiger partial charge in [0.15, 0.2) is 0 Å². The maximum Gasteiger partial charge on any atom is 0.235 e. The molecule has 0 aliphatic carbocycles. The lowest BCUT2D eigenvalue weighted by Gasteiger charge is -2.45. The Morgan fingerprint density at radius 2 is 1.93 bits per heavy atom. The molecule has 1 fully saturated rings. The van der Waals surface area contributed by atoms with Crippen molar-refractivity contribution in [3.8, 4) is 0 Å². The van der Waals surface area contributed by atoms with Gasteiger partial charge in [0.1, 0.15) is 18.3 Å². The first-order valence-corrected chi connectivity index (χ1v) is 4.43. The molecule has 0 aromatic rings. The zero-order chi connectivity index (χ0) is 10.9. The summed E-state index contributed by atoms with van der Waals surface area (Å²) in [7, 11) is 0. The highest BCUT2D eigenvalue weighted by molar-refractivity contribution is 4.94. The highest BCUT2D eigenvalue weighted by Crippen LogP contribution is 2.30. The normalized spacial score (nSPS) is 48.6. The molecule has 1 rings (SSSR count). The van der Waals surface area contributed by atoms with Crippen molar-refractivity contribution in [2.75, 3.05) is 0 Å². The van der Waals surface area contributed by atoms with Gasteiger partial charge in [-0.2, -0.15) is 0 Å². The second kappa shape index (κ2) is 3.86. The lowest BCUT2D eigenvalue weighted by Crippen LogP contribution is -2.63. The Hall–Kier alpha value is -0.620. The van der Waals surface area contributed by atoms with E-state index in [1.54, 1.807) is 6.92 Å². The predicted octanol–water partition coefficient (Wildman–Crippen LogP) is -0.636. The largest absolute Gasteiger partial charge is 0.468 e. The van der Waals surface area contributed by atoms with Crippen molar-refractivity contribution in [3.63, 3.8) is 0 Å². The van der Waals surface area contributed by atoms with Crippen molar-refractivity contribution < 1.29 is 24.8 Å². The lowest BCUT2D eigenvalue weighted by atomic mass is 9.94. The van der Waals surface area contributed by atoms with E-state index >= 15 is 0 Å². The summed E-state index contributed by atoms with van der Waals surface area (Å²) in [6, 6.07) is 0. The van der Waals surface area contributed by atoms with Crippen LogP contribution in [0, 0.1) is 0 Å². The fraction of sp³-hybridized carbons (Fsp3) is 0.778. The molecule has 0 radical (unpaired) electrons. The third-order valence-corrected chi connectivity index (χ3v) is 2.43. The molecule has 1 aliphatic heterocycles. The molecule has 3 N–H and O–H groups in total. The molecule has 1 saturated heterocycles. The van der Waals surface area contributed by atoms with E-state index in [0.717, 1.165) is 6.26 Å². The number of aliphatic hydroxyl groups is 3. The molecule has 0 saturated carbocycles. The van der Waals surface area contributed by atoms with E-state index in [9.17, 15) is 15.3 Å². The van der Waals surface area contributed by atoms with Gasteiger partial charge in [-0.15, -0.1) is 0 Å². The Morgan fingerprint density at radius 1 is 1.36 bits per heavy atom. The van der Waals surface area contributed by atoms with E-state index in [0.29, 0.717) is 0 Å². The summed E-state index contributed by atoms with van der Waals surface area (Å²) in [6.07, 6.45) is -3.21. The van der Waals surface area contributed by atoms with Gasteiger partial charge < -0.3 is 24.8 Å². The maximum atomic E-state index is 9.61. The van der Waals surface area contributed by atoms with Crippen LogP contribution in [0.3, 0.4) is 0 Å². The zero-order valence-electron chi connectivity index (χ0n) is 8.25. The Bertz CT molecular complexity index is 219. The molecular weight excluding hydrogens is 188 g/mol. The Labute approximate surface area is 82.6 Å². The van der Waals surface area contributed by atoms with Gasteiger partial charge in [-0.25, -0.2) is 0 Å². The van der Waals surface area contributed by atoms with E-state index in [-0.39, 0.29) is 0 Å². The summed E-state index contributed by atoms with van der Waals surface area (Å²) < 4.78 is 10.2. The molecule has 5 atom stereocenters. The smallest absolute Gasteiger partial charge is 0.235 e. The van der Waals surface area contributed by atoms with Crippen LogP contribution in [0.25, 0.3) is 0 Å². The summed E-state index contributed by atoms with van der Waals surface area (Å²) in [6.45, 7) is 6.41. The first-order chi connectivity index (χ1) is 6.42. The molecule has 3 unspecified atom stereocenters. The first-order valence-electron chi connectivity index (χ1n) is 4.43. The molecule has 82 valence electrons. The fourth-order valence-electron chi connectivity index (χ4n) is 1.55. The van der Waals surface area contributed by atoms with Gasteiger partial charge in [0.2, 0.25) is 5.79 Å². The average Bonchev–Trinajstić information content (AvgIpc) is 2.12. The van der Waals surface area contributed by atoms with Crippen LogP contribution in [0.15, 0.2) is 12.8 Å². The van der Waals surface area contributed by atoms with Gasteiger partial charge >= 0.3 is 0 Å². The minimum absolute atomic E-state index is 0.613. The van der Waals surface area contributed by atoms with Gasteiger partial charge in [0.05, 0.1) is 12.4 Å². The van der Waals surface area contributed by atoms with E-state index in [4.69, 9.17) is 9.47 Å². The van der Waals surface area contributed by atoms with Crippen LogP contribution in [0.2, 0.25) is 0 Å². The standard InChI is InChI=1S/C9H16O5/c1-4-13-9(3)8(12)7(11)6(10)5(2)14-9/h4-8,10-12H,1H2,2-3H3/t5?,6-,7?,8?,9+/m1/s1. The quantitative estimate of drug-likeness (QED) is 0.522. The van der Waals surface area contributed by atoms with Crippen LogP contribution in [0.1, 0.15) is 13.8 Å². The molecule has 1 aliphatic rings. The van der Waals surface area contributed by atoms with Crippen molar-refractivity contribution in [2.45, 2.75) is 44.1 Å². The van der Waals surface area contributed by atoms with Gasteiger partial charge in [0.25, 0.3) is 0 Å². The van der Waals surface area contributed by atoms with E-state index < -0.39 is 30.2 Å². The minimum Gasteiger partial charge on any atom is -0.468 e. The number of aliphatic hydroxyl groups excluding tert-OH is 3. The summed E-state index contributed by atoms with van der Waals surface area (Å²) in [5.74, 6) is -1.36. The monoisotopic (exact) mass is 204 g/mol. The third kappa shape index (κ3) is 1.76. The van der Waals surface area contributed by atoms with E-state index in [1.807, 2.05) is 0 Å². The molecule has 0 amide bonds. The van der Waals surface area contributed by atoms with Crippen LogP contribution < -0.4 is 0 Å². The number of ether oxygens (including phenoxy) is 2. The van der Waals surface area contributed by atoms with Crippen LogP contribution in [0.5, 0.6) is 0 Å². The molecule has 14 heavy (non-hydrogen) atoms. The first kappa shape index (κ1) is 11.5. The predicted molar refractivity (Wildman–Crippen MR) is 48.3 cm³/mol. The van der Waals surface area contributed by atoms with Gasteiger partial charge in [-0.3, -0.25) is 0 Å². The number of hydrogen-bond donors (Lipinski definition) is 3. The molecule has 5 heteroatoms. The van der Waals surface area contributed by atoms with Gasteiger partial charge in [-0.1, -0.05) is 6.58 Å². The Balaban J connectivity index is 2.84. The van der Waals surface area contributed by atoms with Crippen molar-refractivity contribution in [3.05, 3.63) is 12.8 Å². The van der Waals surface area contributed by atoms with Crippen LogP contribution in [-0.4, -0.2) is 45.5 Å². The maximum absolute atomic E-state index is 9.61. The summed E-state index contributed by atoms with van der Waals surface area (Å²) in [5, 5.41) is 28.5. The third-order valence-electron chi connectivity index (χ3n) is 2.43. The molecule has 0 bridgehead atoms. The second-order valence-electron chi connectivity index (χ2n) is 3.55. The molecule has 1 heterocycles. The second-order valence-corrected chi connectivity index (χ2v) is 3.55. The van der Waals surface area contributed by atoms with Crippen molar-refractivity contribution in [1.29, 1.82) is 0 Å². The minimum atomic E-state index is -1.36. The summed E-state index contributed by atoms with van der Waals surface area (Å²) >= 11 is 0. The van der Waals surface area contributed by atoms with E-state index in [1.165, 1.54) is 6.92 Å². The highest BCUT2D eigenvalue weighted by atomic mass is 16.7. The number of rotatable bonds is 2. The highest BCUT2D eigenvalue weighted by Gasteiger charge is 2.50. The van der Waals surface area contributed by atoms with Crippen LogP contribution in [0.4, 0.5) is 0 Å². The summed E-state index contributed by atoms with van der Waals surface area (Å²) in [4.78, 5) is 0. The topological polar surface area (TPSA) is 79.2 Å². The molecule has 0 spiro atoms. The lowest BCUT2D eigenvalue weighted by molar-refractivity contribution is -0.335. The van der Waals surface area contributed by atoms with Crippen LogP contribution in [-0.2, 0) is 9.47 Å². The molecular formula is C9H16O5. The van der Waals surface area contributed by atoms with E-state index in [2.05, 4.69) is 6.58 Å². The number of hydrogen-bond acceptors (Lipinski definition) is 5. The summed E-state index contributed by atoms with van der Waals surface area (Å²) in [5.41, 5.74) is 0. The van der Waals surface area contributed by atoms with Crippen molar-refractivity contribution >= 4 is 0 Å². The average molecular weight is 204 g/mol. The molecule has 0 aromatic carbocycles. The van der Waals surface area contributed by atoms with Crippen molar-refractivity contribution in [1.82, 2.24) is 0 Å². The fourth-order valence-corrected chi connectivity index (χ4v) is 1.55. The Kier molecular flexibility index (Phi) is 3.16. The van der Waals surface area contributed by atoms with Gasteiger partial charge in [-0.05, 0) is 6.92 Å². The Morgan fingerprint density at radius 3 is 2.43 bits per heavy atom. The van der Waals surface area contributed by atoms with Gasteiger partial charge in [0, 0.05) is 6.92 Å². The molecule has 5 nitrogen and oxygen atoms in total. The zero-order valence-corrected chi connectivity index (χ0v) is 8.25. The van der Waals surface area contributed by atoms with Crippen molar-refractivity contribution in [2.24, 2.45) is 0 Å². The SMILES string of the molecule is C=CO[C@@]1(C)OC(C)[C@@H](O)C(O)C1O. The molecule has 0 aromatic heterocycles. The van der Waals surface area contributed by atoms with Crippen LogP contribution >= 0.6 is 0 Å².